The van der Waals surface area contributed by atoms with Crippen LogP contribution in [0.5, 0.6) is 5.75 Å². The summed E-state index contributed by atoms with van der Waals surface area (Å²) in [5, 5.41) is 9.45. The summed E-state index contributed by atoms with van der Waals surface area (Å²) in [6.45, 7) is 3.45. The van der Waals surface area contributed by atoms with Gasteiger partial charge in [0.25, 0.3) is 0 Å². The van der Waals surface area contributed by atoms with E-state index >= 15 is 0 Å². The molecule has 1 N–H and O–H groups in total. The van der Waals surface area contributed by atoms with Crippen LogP contribution in [0.25, 0.3) is 0 Å². The van der Waals surface area contributed by atoms with Crippen LogP contribution in [0, 0.1) is 5.92 Å². The standard InChI is InChI=1S/C11H14F2O/c1-7(2)10(11(12)13)8-5-3-4-6-9(8)14/h3-7,10-11,14H,1-2H3. The van der Waals surface area contributed by atoms with Gasteiger partial charge in [-0.25, -0.2) is 8.78 Å². The van der Waals surface area contributed by atoms with E-state index in [0.717, 1.165) is 0 Å². The minimum absolute atomic E-state index is 0.0495. The van der Waals surface area contributed by atoms with Gasteiger partial charge in [0.1, 0.15) is 5.75 Å². The van der Waals surface area contributed by atoms with E-state index in [9.17, 15) is 13.9 Å². The van der Waals surface area contributed by atoms with Crippen LogP contribution in [0.1, 0.15) is 25.3 Å². The first-order chi connectivity index (χ1) is 6.54. The Balaban J connectivity index is 3.05. The van der Waals surface area contributed by atoms with Gasteiger partial charge < -0.3 is 5.11 Å². The number of rotatable bonds is 3. The fourth-order valence-corrected chi connectivity index (χ4v) is 1.56. The predicted octanol–water partition coefficient (Wildman–Crippen LogP) is 3.40. The number of alkyl halides is 2. The van der Waals surface area contributed by atoms with Gasteiger partial charge in [0, 0.05) is 5.56 Å². The van der Waals surface area contributed by atoms with Crippen LogP contribution in [0.2, 0.25) is 0 Å². The molecule has 0 fully saturated rings. The summed E-state index contributed by atoms with van der Waals surface area (Å²) in [6.07, 6.45) is -2.44. The maximum atomic E-state index is 12.7. The lowest BCUT2D eigenvalue weighted by atomic mass is 9.88. The van der Waals surface area contributed by atoms with Gasteiger partial charge in [-0.1, -0.05) is 32.0 Å². The fraction of sp³-hybridized carbons (Fsp3) is 0.455. The fourth-order valence-electron chi connectivity index (χ4n) is 1.56. The van der Waals surface area contributed by atoms with Gasteiger partial charge in [-0.15, -0.1) is 0 Å². The van der Waals surface area contributed by atoms with Crippen molar-refractivity contribution in [3.8, 4) is 5.75 Å². The lowest BCUT2D eigenvalue weighted by Crippen LogP contribution is -2.15. The molecule has 0 aliphatic rings. The molecular weight excluding hydrogens is 186 g/mol. The molecule has 0 heterocycles. The number of phenolic OH excluding ortho intramolecular Hbond substituents is 1. The number of para-hydroxylation sites is 1. The number of hydrogen-bond acceptors (Lipinski definition) is 1. The van der Waals surface area contributed by atoms with Crippen LogP contribution in [-0.4, -0.2) is 11.5 Å². The van der Waals surface area contributed by atoms with Gasteiger partial charge in [0.15, 0.2) is 0 Å². The van der Waals surface area contributed by atoms with Gasteiger partial charge >= 0.3 is 0 Å². The van der Waals surface area contributed by atoms with E-state index in [-0.39, 0.29) is 11.7 Å². The van der Waals surface area contributed by atoms with Crippen molar-refractivity contribution in [2.75, 3.05) is 0 Å². The minimum atomic E-state index is -2.44. The SMILES string of the molecule is CC(C)C(c1ccccc1O)C(F)F. The Kier molecular flexibility index (Phi) is 3.44. The van der Waals surface area contributed by atoms with Crippen molar-refractivity contribution >= 4 is 0 Å². The number of aromatic hydroxyl groups is 1. The highest BCUT2D eigenvalue weighted by molar-refractivity contribution is 5.35. The number of hydrogen-bond donors (Lipinski definition) is 1. The van der Waals surface area contributed by atoms with Gasteiger partial charge in [0.2, 0.25) is 6.43 Å². The summed E-state index contributed by atoms with van der Waals surface area (Å²) in [5.74, 6) is -1.13. The third-order valence-electron chi connectivity index (χ3n) is 2.29. The summed E-state index contributed by atoms with van der Waals surface area (Å²) in [6, 6.07) is 6.27. The van der Waals surface area contributed by atoms with Crippen molar-refractivity contribution in [2.45, 2.75) is 26.2 Å². The molecule has 3 heteroatoms. The minimum Gasteiger partial charge on any atom is -0.508 e. The van der Waals surface area contributed by atoms with E-state index in [1.165, 1.54) is 6.07 Å². The molecule has 0 spiro atoms. The van der Waals surface area contributed by atoms with Crippen molar-refractivity contribution in [2.24, 2.45) is 5.92 Å². The summed E-state index contributed by atoms with van der Waals surface area (Å²) in [4.78, 5) is 0. The zero-order chi connectivity index (χ0) is 10.7. The molecule has 1 unspecified atom stereocenters. The molecule has 0 aliphatic heterocycles. The van der Waals surface area contributed by atoms with Gasteiger partial charge in [0.05, 0.1) is 5.92 Å². The molecule has 1 aromatic carbocycles. The molecule has 0 saturated carbocycles. The quantitative estimate of drug-likeness (QED) is 0.792. The second kappa shape index (κ2) is 4.40. The Morgan fingerprint density at radius 2 is 1.71 bits per heavy atom. The predicted molar refractivity (Wildman–Crippen MR) is 51.7 cm³/mol. The maximum absolute atomic E-state index is 12.7. The van der Waals surface area contributed by atoms with Crippen molar-refractivity contribution in [1.82, 2.24) is 0 Å². The van der Waals surface area contributed by atoms with Crippen molar-refractivity contribution < 1.29 is 13.9 Å². The molecule has 0 amide bonds. The van der Waals surface area contributed by atoms with Crippen molar-refractivity contribution in [3.05, 3.63) is 29.8 Å². The van der Waals surface area contributed by atoms with Crippen LogP contribution >= 0.6 is 0 Å². The smallest absolute Gasteiger partial charge is 0.245 e. The van der Waals surface area contributed by atoms with E-state index in [2.05, 4.69) is 0 Å². The molecule has 0 aromatic heterocycles. The summed E-state index contributed by atoms with van der Waals surface area (Å²) >= 11 is 0. The van der Waals surface area contributed by atoms with Crippen LogP contribution in [0.4, 0.5) is 8.78 Å². The molecule has 14 heavy (non-hydrogen) atoms. The van der Waals surface area contributed by atoms with Crippen molar-refractivity contribution in [3.63, 3.8) is 0 Å². The van der Waals surface area contributed by atoms with E-state index in [1.54, 1.807) is 32.0 Å². The molecule has 78 valence electrons. The zero-order valence-corrected chi connectivity index (χ0v) is 8.24. The molecule has 0 aliphatic carbocycles. The van der Waals surface area contributed by atoms with Crippen LogP contribution < -0.4 is 0 Å². The monoisotopic (exact) mass is 200 g/mol. The third-order valence-corrected chi connectivity index (χ3v) is 2.29. The average molecular weight is 200 g/mol. The normalized spacial score (nSPS) is 13.6. The Hall–Kier alpha value is -1.12. The average Bonchev–Trinajstić information content (AvgIpc) is 2.07. The summed E-state index contributed by atoms with van der Waals surface area (Å²) < 4.78 is 25.4. The highest BCUT2D eigenvalue weighted by atomic mass is 19.3. The molecule has 1 atom stereocenters. The summed E-state index contributed by atoms with van der Waals surface area (Å²) in [7, 11) is 0. The molecule has 1 nitrogen and oxygen atoms in total. The molecule has 0 bridgehead atoms. The zero-order valence-electron chi connectivity index (χ0n) is 8.24. The Morgan fingerprint density at radius 1 is 1.14 bits per heavy atom. The second-order valence-electron chi connectivity index (χ2n) is 3.66. The molecule has 0 radical (unpaired) electrons. The second-order valence-corrected chi connectivity index (χ2v) is 3.66. The van der Waals surface area contributed by atoms with Crippen LogP contribution in [0.3, 0.4) is 0 Å². The Bertz CT molecular complexity index is 289. The van der Waals surface area contributed by atoms with Gasteiger partial charge in [-0.2, -0.15) is 0 Å². The molecule has 1 aromatic rings. The number of phenols is 1. The maximum Gasteiger partial charge on any atom is 0.245 e. The van der Waals surface area contributed by atoms with E-state index in [1.807, 2.05) is 0 Å². The number of halogens is 2. The number of benzene rings is 1. The summed E-state index contributed by atoms with van der Waals surface area (Å²) in [5.41, 5.74) is 0.331. The van der Waals surface area contributed by atoms with Gasteiger partial charge in [-0.3, -0.25) is 0 Å². The van der Waals surface area contributed by atoms with E-state index < -0.39 is 12.3 Å². The first-order valence-corrected chi connectivity index (χ1v) is 4.60. The van der Waals surface area contributed by atoms with Gasteiger partial charge in [-0.05, 0) is 12.0 Å². The van der Waals surface area contributed by atoms with Crippen LogP contribution in [-0.2, 0) is 0 Å². The topological polar surface area (TPSA) is 20.2 Å². The Labute approximate surface area is 82.4 Å². The van der Waals surface area contributed by atoms with Crippen molar-refractivity contribution in [1.29, 1.82) is 0 Å². The molecule has 0 saturated heterocycles. The van der Waals surface area contributed by atoms with Crippen LogP contribution in [0.15, 0.2) is 24.3 Å². The highest BCUT2D eigenvalue weighted by Crippen LogP contribution is 2.35. The first kappa shape index (κ1) is 11.0. The van der Waals surface area contributed by atoms with E-state index in [0.29, 0.717) is 5.56 Å². The molecule has 1 rings (SSSR count). The lowest BCUT2D eigenvalue weighted by molar-refractivity contribution is 0.0921. The lowest BCUT2D eigenvalue weighted by Gasteiger charge is -2.21. The first-order valence-electron chi connectivity index (χ1n) is 4.60. The Morgan fingerprint density at radius 3 is 2.14 bits per heavy atom. The highest BCUT2D eigenvalue weighted by Gasteiger charge is 2.27. The molecular formula is C11H14F2O. The largest absolute Gasteiger partial charge is 0.508 e. The third kappa shape index (κ3) is 2.22. The van der Waals surface area contributed by atoms with E-state index in [4.69, 9.17) is 0 Å².